The van der Waals surface area contributed by atoms with Crippen LogP contribution in [0.4, 0.5) is 5.69 Å². The SMILES string of the molecule is COc1ccc(S(=O)(=O)N(C)c2ccc(C(=O)N(C)C)c(Cl)c2)cc1. The summed E-state index contributed by atoms with van der Waals surface area (Å²) in [7, 11) is 2.41. The van der Waals surface area contributed by atoms with Crippen LogP contribution in [0.1, 0.15) is 10.4 Å². The van der Waals surface area contributed by atoms with Gasteiger partial charge in [0.05, 0.1) is 28.3 Å². The second-order valence-electron chi connectivity index (χ2n) is 5.51. The molecule has 6 nitrogen and oxygen atoms in total. The van der Waals surface area contributed by atoms with Crippen molar-refractivity contribution in [2.45, 2.75) is 4.90 Å². The van der Waals surface area contributed by atoms with Crippen molar-refractivity contribution in [3.8, 4) is 5.75 Å². The Kier molecular flexibility index (Phi) is 5.59. The van der Waals surface area contributed by atoms with Crippen LogP contribution >= 0.6 is 11.6 Å². The number of hydrogen-bond donors (Lipinski definition) is 0. The fourth-order valence-electron chi connectivity index (χ4n) is 2.16. The summed E-state index contributed by atoms with van der Waals surface area (Å²) in [5, 5.41) is 0.188. The Labute approximate surface area is 152 Å². The molecule has 2 aromatic rings. The van der Waals surface area contributed by atoms with Gasteiger partial charge in [-0.3, -0.25) is 9.10 Å². The zero-order valence-electron chi connectivity index (χ0n) is 14.4. The van der Waals surface area contributed by atoms with Crippen LogP contribution in [0, 0.1) is 0 Å². The first-order valence-electron chi connectivity index (χ1n) is 7.32. The maximum atomic E-state index is 12.7. The predicted octanol–water partition coefficient (Wildman–Crippen LogP) is 2.88. The molecule has 8 heteroatoms. The Morgan fingerprint density at radius 3 is 2.12 bits per heavy atom. The summed E-state index contributed by atoms with van der Waals surface area (Å²) in [6.07, 6.45) is 0. The summed E-state index contributed by atoms with van der Waals surface area (Å²) < 4.78 is 31.6. The molecule has 0 aliphatic rings. The first-order valence-corrected chi connectivity index (χ1v) is 9.14. The average molecular weight is 383 g/mol. The summed E-state index contributed by atoms with van der Waals surface area (Å²) in [4.78, 5) is 13.5. The highest BCUT2D eigenvalue weighted by atomic mass is 35.5. The summed E-state index contributed by atoms with van der Waals surface area (Å²) in [5.41, 5.74) is 0.668. The van der Waals surface area contributed by atoms with Crippen LogP contribution in [0.25, 0.3) is 0 Å². The standard InChI is InChI=1S/C17H19ClN2O4S/c1-19(2)17(21)15-10-5-12(11-16(15)18)20(3)25(22,23)14-8-6-13(24-4)7-9-14/h5-11H,1-4H3. The number of amides is 1. The van der Waals surface area contributed by atoms with E-state index in [2.05, 4.69) is 0 Å². The number of anilines is 1. The summed E-state index contributed by atoms with van der Waals surface area (Å²) in [6.45, 7) is 0. The Balaban J connectivity index is 2.37. The molecule has 25 heavy (non-hydrogen) atoms. The number of sulfonamides is 1. The third kappa shape index (κ3) is 3.88. The Hall–Kier alpha value is -2.25. The highest BCUT2D eigenvalue weighted by molar-refractivity contribution is 7.92. The largest absolute Gasteiger partial charge is 0.497 e. The Bertz CT molecular complexity index is 880. The monoisotopic (exact) mass is 382 g/mol. The van der Waals surface area contributed by atoms with Crippen LogP contribution in [0.2, 0.25) is 5.02 Å². The number of methoxy groups -OCH3 is 1. The molecule has 0 saturated heterocycles. The van der Waals surface area contributed by atoms with Crippen molar-refractivity contribution in [1.29, 1.82) is 0 Å². The Morgan fingerprint density at radius 2 is 1.64 bits per heavy atom. The molecule has 2 aromatic carbocycles. The van der Waals surface area contributed by atoms with Crippen molar-refractivity contribution >= 4 is 33.2 Å². The lowest BCUT2D eigenvalue weighted by molar-refractivity contribution is 0.0828. The quantitative estimate of drug-likeness (QED) is 0.797. The first kappa shape index (κ1) is 19.1. The van der Waals surface area contributed by atoms with Crippen LogP contribution in [-0.2, 0) is 10.0 Å². The van der Waals surface area contributed by atoms with E-state index >= 15 is 0 Å². The number of benzene rings is 2. The van der Waals surface area contributed by atoms with Crippen molar-refractivity contribution in [3.63, 3.8) is 0 Å². The summed E-state index contributed by atoms with van der Waals surface area (Å²) in [6, 6.07) is 10.6. The van der Waals surface area contributed by atoms with Crippen molar-refractivity contribution in [2.75, 3.05) is 32.6 Å². The van der Waals surface area contributed by atoms with Gasteiger partial charge in [-0.15, -0.1) is 0 Å². The molecule has 0 fully saturated rings. The number of carbonyl (C=O) groups excluding carboxylic acids is 1. The molecular weight excluding hydrogens is 364 g/mol. The third-order valence-electron chi connectivity index (χ3n) is 3.67. The molecule has 0 unspecified atom stereocenters. The van der Waals surface area contributed by atoms with Gasteiger partial charge in [-0.25, -0.2) is 8.42 Å². The molecule has 0 heterocycles. The van der Waals surface area contributed by atoms with Gasteiger partial charge in [0.15, 0.2) is 0 Å². The van der Waals surface area contributed by atoms with Crippen LogP contribution in [-0.4, -0.2) is 47.5 Å². The molecule has 2 rings (SSSR count). The van der Waals surface area contributed by atoms with Gasteiger partial charge in [0.1, 0.15) is 5.75 Å². The molecular formula is C17H19ClN2O4S. The maximum Gasteiger partial charge on any atom is 0.264 e. The number of ether oxygens (including phenoxy) is 1. The van der Waals surface area contributed by atoms with Crippen LogP contribution in [0.3, 0.4) is 0 Å². The molecule has 0 aliphatic carbocycles. The van der Waals surface area contributed by atoms with Gasteiger partial charge in [0, 0.05) is 21.1 Å². The first-order chi connectivity index (χ1) is 11.7. The number of carbonyl (C=O) groups is 1. The van der Waals surface area contributed by atoms with E-state index in [1.807, 2.05) is 0 Å². The lowest BCUT2D eigenvalue weighted by Gasteiger charge is -2.21. The number of halogens is 1. The van der Waals surface area contributed by atoms with Gasteiger partial charge in [-0.05, 0) is 42.5 Å². The highest BCUT2D eigenvalue weighted by Gasteiger charge is 2.23. The molecule has 0 aromatic heterocycles. The van der Waals surface area contributed by atoms with E-state index in [9.17, 15) is 13.2 Å². The van der Waals surface area contributed by atoms with E-state index < -0.39 is 10.0 Å². The topological polar surface area (TPSA) is 66.9 Å². The van der Waals surface area contributed by atoms with Gasteiger partial charge < -0.3 is 9.64 Å². The van der Waals surface area contributed by atoms with Crippen molar-refractivity contribution in [3.05, 3.63) is 53.1 Å². The van der Waals surface area contributed by atoms with E-state index in [-0.39, 0.29) is 15.8 Å². The Morgan fingerprint density at radius 1 is 1.04 bits per heavy atom. The van der Waals surface area contributed by atoms with Gasteiger partial charge in [0.2, 0.25) is 0 Å². The van der Waals surface area contributed by atoms with Crippen molar-refractivity contribution < 1.29 is 17.9 Å². The normalized spacial score (nSPS) is 11.1. The zero-order chi connectivity index (χ0) is 18.8. The minimum absolute atomic E-state index is 0.125. The minimum Gasteiger partial charge on any atom is -0.497 e. The molecule has 0 bridgehead atoms. The van der Waals surface area contributed by atoms with E-state index in [1.165, 1.54) is 43.3 Å². The molecule has 0 saturated carbocycles. The van der Waals surface area contributed by atoms with E-state index in [0.29, 0.717) is 17.0 Å². The second kappa shape index (κ2) is 7.33. The fraction of sp³-hybridized carbons (Fsp3) is 0.235. The van der Waals surface area contributed by atoms with E-state index in [1.54, 1.807) is 32.3 Å². The summed E-state index contributed by atoms with van der Waals surface area (Å²) in [5.74, 6) is 0.313. The lowest BCUT2D eigenvalue weighted by atomic mass is 10.2. The molecule has 1 amide bonds. The van der Waals surface area contributed by atoms with Gasteiger partial charge in [0.25, 0.3) is 15.9 Å². The maximum absolute atomic E-state index is 12.7. The molecule has 0 aliphatic heterocycles. The van der Waals surface area contributed by atoms with Crippen LogP contribution in [0.15, 0.2) is 47.4 Å². The summed E-state index contributed by atoms with van der Waals surface area (Å²) >= 11 is 6.16. The number of nitrogens with zero attached hydrogens (tertiary/aromatic N) is 2. The van der Waals surface area contributed by atoms with Gasteiger partial charge in [-0.1, -0.05) is 11.6 Å². The number of rotatable bonds is 5. The molecule has 0 spiro atoms. The van der Waals surface area contributed by atoms with Gasteiger partial charge in [-0.2, -0.15) is 0 Å². The predicted molar refractivity (Wildman–Crippen MR) is 98.1 cm³/mol. The second-order valence-corrected chi connectivity index (χ2v) is 7.89. The molecule has 0 N–H and O–H groups in total. The zero-order valence-corrected chi connectivity index (χ0v) is 15.9. The van der Waals surface area contributed by atoms with E-state index in [0.717, 1.165) is 4.31 Å². The molecule has 0 radical (unpaired) electrons. The highest BCUT2D eigenvalue weighted by Crippen LogP contribution is 2.28. The fourth-order valence-corrected chi connectivity index (χ4v) is 3.60. The van der Waals surface area contributed by atoms with Crippen molar-refractivity contribution in [1.82, 2.24) is 4.90 Å². The van der Waals surface area contributed by atoms with E-state index in [4.69, 9.17) is 16.3 Å². The van der Waals surface area contributed by atoms with Gasteiger partial charge >= 0.3 is 0 Å². The van der Waals surface area contributed by atoms with Crippen molar-refractivity contribution in [2.24, 2.45) is 0 Å². The van der Waals surface area contributed by atoms with Crippen LogP contribution < -0.4 is 9.04 Å². The third-order valence-corrected chi connectivity index (χ3v) is 5.78. The van der Waals surface area contributed by atoms with Crippen LogP contribution in [0.5, 0.6) is 5.75 Å². The molecule has 134 valence electrons. The smallest absolute Gasteiger partial charge is 0.264 e. The lowest BCUT2D eigenvalue weighted by Crippen LogP contribution is -2.27. The average Bonchev–Trinajstić information content (AvgIpc) is 2.60. The minimum atomic E-state index is -3.76. The molecule has 0 atom stereocenters. The number of hydrogen-bond acceptors (Lipinski definition) is 4.